The molecule has 0 atom stereocenters. The third kappa shape index (κ3) is 4.06. The van der Waals surface area contributed by atoms with Crippen molar-refractivity contribution < 1.29 is 4.74 Å². The predicted molar refractivity (Wildman–Crippen MR) is 84.7 cm³/mol. The Hall–Kier alpha value is -0.870. The first-order chi connectivity index (χ1) is 9.58. The van der Waals surface area contributed by atoms with Crippen molar-refractivity contribution in [2.75, 3.05) is 25.2 Å². The van der Waals surface area contributed by atoms with E-state index < -0.39 is 0 Å². The van der Waals surface area contributed by atoms with Gasteiger partial charge in [-0.05, 0) is 19.8 Å². The van der Waals surface area contributed by atoms with Crippen molar-refractivity contribution in [2.24, 2.45) is 0 Å². The van der Waals surface area contributed by atoms with E-state index in [0.717, 1.165) is 43.0 Å². The SMILES string of the molecule is CCc1nc(Cl)c(C)c(N(CCOC)C(CC)CC)n1. The zero-order valence-corrected chi connectivity index (χ0v) is 14.0. The fourth-order valence-electron chi connectivity index (χ4n) is 2.34. The average molecular weight is 300 g/mol. The van der Waals surface area contributed by atoms with E-state index in [-0.39, 0.29) is 0 Å². The number of anilines is 1. The summed E-state index contributed by atoms with van der Waals surface area (Å²) >= 11 is 6.26. The summed E-state index contributed by atoms with van der Waals surface area (Å²) in [5.41, 5.74) is 0.951. The van der Waals surface area contributed by atoms with Gasteiger partial charge in [-0.2, -0.15) is 0 Å². The zero-order chi connectivity index (χ0) is 15.1. The topological polar surface area (TPSA) is 38.2 Å². The minimum absolute atomic E-state index is 0.444. The Kier molecular flexibility index (Phi) is 7.24. The Balaban J connectivity index is 3.20. The van der Waals surface area contributed by atoms with Gasteiger partial charge in [-0.15, -0.1) is 0 Å². The van der Waals surface area contributed by atoms with Gasteiger partial charge in [0.2, 0.25) is 0 Å². The van der Waals surface area contributed by atoms with Crippen LogP contribution in [-0.2, 0) is 11.2 Å². The summed E-state index contributed by atoms with van der Waals surface area (Å²) in [5, 5.41) is 0.556. The van der Waals surface area contributed by atoms with E-state index in [1.165, 1.54) is 0 Å². The Bertz CT molecular complexity index is 422. The van der Waals surface area contributed by atoms with Crippen molar-refractivity contribution in [1.82, 2.24) is 9.97 Å². The van der Waals surface area contributed by atoms with Crippen LogP contribution in [-0.4, -0.2) is 36.3 Å². The van der Waals surface area contributed by atoms with E-state index in [1.807, 2.05) is 13.8 Å². The Morgan fingerprint density at radius 3 is 2.35 bits per heavy atom. The Morgan fingerprint density at radius 2 is 1.85 bits per heavy atom. The summed E-state index contributed by atoms with van der Waals surface area (Å²) in [4.78, 5) is 11.3. The van der Waals surface area contributed by atoms with Gasteiger partial charge in [-0.3, -0.25) is 0 Å². The minimum Gasteiger partial charge on any atom is -0.383 e. The molecule has 0 aliphatic heterocycles. The van der Waals surface area contributed by atoms with Crippen molar-refractivity contribution in [1.29, 1.82) is 0 Å². The number of methoxy groups -OCH3 is 1. The Labute approximate surface area is 127 Å². The van der Waals surface area contributed by atoms with Crippen LogP contribution in [0.25, 0.3) is 0 Å². The number of halogens is 1. The third-order valence-electron chi connectivity index (χ3n) is 3.61. The van der Waals surface area contributed by atoms with Crippen LogP contribution in [0.2, 0.25) is 5.15 Å². The summed E-state index contributed by atoms with van der Waals surface area (Å²) < 4.78 is 5.24. The lowest BCUT2D eigenvalue weighted by Crippen LogP contribution is -2.38. The molecule has 0 aliphatic rings. The summed E-state index contributed by atoms with van der Waals surface area (Å²) in [6.07, 6.45) is 2.93. The highest BCUT2D eigenvalue weighted by molar-refractivity contribution is 6.30. The molecule has 4 nitrogen and oxygen atoms in total. The summed E-state index contributed by atoms with van der Waals surface area (Å²) in [6, 6.07) is 0.444. The van der Waals surface area contributed by atoms with Gasteiger partial charge in [0.15, 0.2) is 0 Å². The fourth-order valence-corrected chi connectivity index (χ4v) is 2.52. The molecule has 0 radical (unpaired) electrons. The van der Waals surface area contributed by atoms with Gasteiger partial charge in [-0.25, -0.2) is 9.97 Å². The minimum atomic E-state index is 0.444. The quantitative estimate of drug-likeness (QED) is 0.687. The average Bonchev–Trinajstić information content (AvgIpc) is 2.46. The third-order valence-corrected chi connectivity index (χ3v) is 3.98. The van der Waals surface area contributed by atoms with E-state index in [2.05, 4.69) is 23.7 Å². The monoisotopic (exact) mass is 299 g/mol. The highest BCUT2D eigenvalue weighted by Gasteiger charge is 2.21. The molecule has 0 aromatic carbocycles. The molecule has 0 saturated heterocycles. The molecule has 0 fully saturated rings. The molecule has 0 N–H and O–H groups in total. The number of aromatic nitrogens is 2. The number of hydrogen-bond acceptors (Lipinski definition) is 4. The predicted octanol–water partition coefficient (Wildman–Crippen LogP) is 3.64. The molecule has 114 valence electrons. The van der Waals surface area contributed by atoms with Crippen LogP contribution in [0.1, 0.15) is 45.0 Å². The highest BCUT2D eigenvalue weighted by atomic mass is 35.5. The van der Waals surface area contributed by atoms with Gasteiger partial charge in [0.25, 0.3) is 0 Å². The van der Waals surface area contributed by atoms with Gasteiger partial charge < -0.3 is 9.64 Å². The number of ether oxygens (including phenoxy) is 1. The molecular formula is C15H26ClN3O. The fraction of sp³-hybridized carbons (Fsp3) is 0.733. The van der Waals surface area contributed by atoms with Crippen LogP contribution in [0, 0.1) is 6.92 Å². The maximum Gasteiger partial charge on any atom is 0.137 e. The molecule has 1 aromatic rings. The molecule has 0 aliphatic carbocycles. The van der Waals surface area contributed by atoms with E-state index >= 15 is 0 Å². The van der Waals surface area contributed by atoms with Gasteiger partial charge in [-0.1, -0.05) is 32.4 Å². The largest absolute Gasteiger partial charge is 0.383 e. The van der Waals surface area contributed by atoms with Crippen molar-refractivity contribution in [3.63, 3.8) is 0 Å². The second-order valence-corrected chi connectivity index (χ2v) is 5.25. The first-order valence-corrected chi connectivity index (χ1v) is 7.75. The first kappa shape index (κ1) is 17.2. The number of rotatable bonds is 8. The lowest BCUT2D eigenvalue weighted by atomic mass is 10.1. The van der Waals surface area contributed by atoms with E-state index in [0.29, 0.717) is 17.8 Å². The molecule has 0 spiro atoms. The molecular weight excluding hydrogens is 274 g/mol. The normalized spacial score (nSPS) is 11.2. The zero-order valence-electron chi connectivity index (χ0n) is 13.2. The molecule has 0 bridgehead atoms. The van der Waals surface area contributed by atoms with E-state index in [9.17, 15) is 0 Å². The molecule has 1 heterocycles. The number of aryl methyl sites for hydroxylation is 1. The van der Waals surface area contributed by atoms with Gasteiger partial charge >= 0.3 is 0 Å². The summed E-state index contributed by atoms with van der Waals surface area (Å²) in [7, 11) is 1.72. The van der Waals surface area contributed by atoms with Crippen LogP contribution in [0.15, 0.2) is 0 Å². The molecule has 1 aromatic heterocycles. The van der Waals surface area contributed by atoms with Crippen molar-refractivity contribution in [3.05, 3.63) is 16.5 Å². The molecule has 20 heavy (non-hydrogen) atoms. The Morgan fingerprint density at radius 1 is 1.20 bits per heavy atom. The van der Waals surface area contributed by atoms with E-state index in [4.69, 9.17) is 21.3 Å². The molecule has 0 saturated carbocycles. The standard InChI is InChI=1S/C15H26ClN3O/c1-6-12(7-2)19(9-10-20-5)15-11(4)14(16)17-13(8-3)18-15/h12H,6-10H2,1-5H3. The van der Waals surface area contributed by atoms with Crippen LogP contribution < -0.4 is 4.90 Å². The van der Waals surface area contributed by atoms with Gasteiger partial charge in [0.1, 0.15) is 16.8 Å². The van der Waals surface area contributed by atoms with Crippen LogP contribution >= 0.6 is 11.6 Å². The first-order valence-electron chi connectivity index (χ1n) is 7.37. The van der Waals surface area contributed by atoms with Crippen molar-refractivity contribution in [3.8, 4) is 0 Å². The highest BCUT2D eigenvalue weighted by Crippen LogP contribution is 2.26. The second-order valence-electron chi connectivity index (χ2n) is 4.89. The summed E-state index contributed by atoms with van der Waals surface area (Å²) in [5.74, 6) is 1.75. The lowest BCUT2D eigenvalue weighted by Gasteiger charge is -2.32. The maximum absolute atomic E-state index is 6.26. The lowest BCUT2D eigenvalue weighted by molar-refractivity contribution is 0.202. The van der Waals surface area contributed by atoms with Gasteiger partial charge in [0.05, 0.1) is 6.61 Å². The van der Waals surface area contributed by atoms with Crippen LogP contribution in [0.3, 0.4) is 0 Å². The van der Waals surface area contributed by atoms with Crippen molar-refractivity contribution in [2.45, 2.75) is 53.0 Å². The van der Waals surface area contributed by atoms with Crippen LogP contribution in [0.5, 0.6) is 0 Å². The summed E-state index contributed by atoms with van der Waals surface area (Å²) in [6.45, 7) is 9.93. The second kappa shape index (κ2) is 8.42. The van der Waals surface area contributed by atoms with E-state index in [1.54, 1.807) is 7.11 Å². The number of hydrogen-bond donors (Lipinski definition) is 0. The smallest absolute Gasteiger partial charge is 0.137 e. The van der Waals surface area contributed by atoms with Crippen molar-refractivity contribution >= 4 is 17.4 Å². The van der Waals surface area contributed by atoms with Gasteiger partial charge in [0, 0.05) is 31.7 Å². The maximum atomic E-state index is 6.26. The van der Waals surface area contributed by atoms with Crippen LogP contribution in [0.4, 0.5) is 5.82 Å². The molecule has 0 unspecified atom stereocenters. The molecule has 5 heteroatoms. The molecule has 1 rings (SSSR count). The molecule has 0 amide bonds. The number of nitrogens with zero attached hydrogens (tertiary/aromatic N) is 3.